The molecule has 1 heterocycles. The zero-order chi connectivity index (χ0) is 8.53. The first-order valence-corrected chi connectivity index (χ1v) is 3.86. The van der Waals surface area contributed by atoms with E-state index in [0.29, 0.717) is 0 Å². The van der Waals surface area contributed by atoms with E-state index in [0.717, 1.165) is 0 Å². The lowest BCUT2D eigenvalue weighted by Gasteiger charge is -1.79. The Labute approximate surface area is 66.4 Å². The Morgan fingerprint density at radius 1 is 1.00 bits per heavy atom. The van der Waals surface area contributed by atoms with E-state index in [-0.39, 0.29) is 0 Å². The van der Waals surface area contributed by atoms with Crippen LogP contribution in [0.25, 0.3) is 0 Å². The van der Waals surface area contributed by atoms with Gasteiger partial charge in [-0.2, -0.15) is 13.2 Å². The molecule has 0 aromatic carbocycles. The molecular formula is C6H8N2O2S. The predicted molar refractivity (Wildman–Crippen MR) is 42.2 cm³/mol. The fourth-order valence-electron chi connectivity index (χ4n) is 0.406. The van der Waals surface area contributed by atoms with Crippen molar-refractivity contribution >= 4 is 10.5 Å². The van der Waals surface area contributed by atoms with Crippen molar-refractivity contribution in [2.45, 2.75) is 0 Å². The molecule has 0 aromatic heterocycles. The zero-order valence-corrected chi connectivity index (χ0v) is 6.51. The van der Waals surface area contributed by atoms with Crippen LogP contribution in [0.2, 0.25) is 0 Å². The Kier molecular flexibility index (Phi) is 5.92. The average molecular weight is 172 g/mol. The van der Waals surface area contributed by atoms with Crippen molar-refractivity contribution < 1.29 is 8.42 Å². The Morgan fingerprint density at radius 2 is 1.36 bits per heavy atom. The Balaban J connectivity index is 0.000000218. The van der Waals surface area contributed by atoms with Crippen LogP contribution in [-0.2, 0) is 10.5 Å². The molecule has 0 saturated carbocycles. The van der Waals surface area contributed by atoms with Gasteiger partial charge in [0, 0.05) is 12.4 Å². The second-order valence-corrected chi connectivity index (χ2v) is 1.97. The van der Waals surface area contributed by atoms with E-state index in [9.17, 15) is 0 Å². The molecule has 11 heavy (non-hydrogen) atoms. The Hall–Kier alpha value is -1.36. The molecule has 5 heteroatoms. The topological polar surface area (TPSA) is 70.0 Å². The first-order chi connectivity index (χ1) is 5.23. The number of hydrogen-bond acceptors (Lipinski definition) is 4. The van der Waals surface area contributed by atoms with Crippen molar-refractivity contribution in [1.29, 1.82) is 4.78 Å². The minimum Gasteiger partial charge on any atom is -0.368 e. The highest BCUT2D eigenvalue weighted by Crippen LogP contribution is 1.81. The van der Waals surface area contributed by atoms with Crippen LogP contribution < -0.4 is 5.32 Å². The maximum Gasteiger partial charge on any atom is 0.308 e. The molecular weight excluding hydrogens is 164 g/mol. The number of rotatable bonds is 0. The largest absolute Gasteiger partial charge is 0.368 e. The third kappa shape index (κ3) is 12.0. The molecule has 2 N–H and O–H groups in total. The molecule has 0 amide bonds. The second-order valence-electron chi connectivity index (χ2n) is 1.50. The van der Waals surface area contributed by atoms with E-state index in [1.807, 2.05) is 36.7 Å². The molecule has 0 unspecified atom stereocenters. The van der Waals surface area contributed by atoms with Gasteiger partial charge in [0.15, 0.2) is 0 Å². The lowest BCUT2D eigenvalue weighted by atomic mass is 10.5. The van der Waals surface area contributed by atoms with Crippen LogP contribution in [0.5, 0.6) is 0 Å². The lowest BCUT2D eigenvalue weighted by Crippen LogP contribution is -1.87. The second kappa shape index (κ2) is 6.76. The number of allylic oxidation sites excluding steroid dienone is 4. The molecule has 0 spiro atoms. The summed E-state index contributed by atoms with van der Waals surface area (Å²) in [5.74, 6) is 0. The van der Waals surface area contributed by atoms with Gasteiger partial charge in [0.25, 0.3) is 0 Å². The number of nitrogens with one attached hydrogen (secondary N) is 2. The van der Waals surface area contributed by atoms with Crippen molar-refractivity contribution in [3.05, 3.63) is 36.7 Å². The highest BCUT2D eigenvalue weighted by Gasteiger charge is 1.67. The van der Waals surface area contributed by atoms with E-state index in [1.165, 1.54) is 0 Å². The summed E-state index contributed by atoms with van der Waals surface area (Å²) in [4.78, 5) is 0. The molecule has 60 valence electrons. The van der Waals surface area contributed by atoms with E-state index in [4.69, 9.17) is 13.2 Å². The monoisotopic (exact) mass is 172 g/mol. The summed E-state index contributed by atoms with van der Waals surface area (Å²) in [6.45, 7) is 0. The summed E-state index contributed by atoms with van der Waals surface area (Å²) in [7, 11) is -2.61. The van der Waals surface area contributed by atoms with Crippen LogP contribution in [0.1, 0.15) is 0 Å². The molecule has 4 nitrogen and oxygen atoms in total. The van der Waals surface area contributed by atoms with Crippen molar-refractivity contribution in [2.24, 2.45) is 0 Å². The first kappa shape index (κ1) is 9.64. The van der Waals surface area contributed by atoms with Gasteiger partial charge in [-0.25, -0.2) is 0 Å². The van der Waals surface area contributed by atoms with E-state index in [1.54, 1.807) is 0 Å². The van der Waals surface area contributed by atoms with Gasteiger partial charge < -0.3 is 5.32 Å². The van der Waals surface area contributed by atoms with Gasteiger partial charge in [-0.1, -0.05) is 12.2 Å². The maximum absolute atomic E-state index is 8.67. The van der Waals surface area contributed by atoms with E-state index in [2.05, 4.69) is 5.32 Å². The van der Waals surface area contributed by atoms with Gasteiger partial charge >= 0.3 is 10.5 Å². The lowest BCUT2D eigenvalue weighted by molar-refractivity contribution is 0.620. The van der Waals surface area contributed by atoms with Gasteiger partial charge in [0.2, 0.25) is 0 Å². The molecule has 1 aliphatic heterocycles. The average Bonchev–Trinajstić information content (AvgIpc) is 2.13. The zero-order valence-electron chi connectivity index (χ0n) is 5.69. The standard InChI is InChI=1S/C6H7N.HNO2S/c1-2-4-6-7-5-3-1;1-4(2)3/h1-7H;1H. The maximum atomic E-state index is 8.67. The normalized spacial score (nSPS) is 12.4. The van der Waals surface area contributed by atoms with Crippen molar-refractivity contribution in [2.75, 3.05) is 0 Å². The van der Waals surface area contributed by atoms with Crippen molar-refractivity contribution in [3.8, 4) is 0 Å². The summed E-state index contributed by atoms with van der Waals surface area (Å²) in [6.07, 6.45) is 11.6. The predicted octanol–water partition coefficient (Wildman–Crippen LogP) is 0.801. The number of hydrogen-bond donors (Lipinski definition) is 2. The Morgan fingerprint density at radius 3 is 1.73 bits per heavy atom. The smallest absolute Gasteiger partial charge is 0.308 e. The minimum absolute atomic E-state index is 1.88. The first-order valence-electron chi connectivity index (χ1n) is 2.78. The highest BCUT2D eigenvalue weighted by atomic mass is 32.2. The summed E-state index contributed by atoms with van der Waals surface area (Å²) in [5, 5.41) is 2.92. The van der Waals surface area contributed by atoms with Crippen LogP contribution in [0.4, 0.5) is 0 Å². The molecule has 0 bridgehead atoms. The van der Waals surface area contributed by atoms with Crippen LogP contribution >= 0.6 is 0 Å². The fraction of sp³-hybridized carbons (Fsp3) is 0. The Bertz CT molecular complexity index is 252. The van der Waals surface area contributed by atoms with E-state index >= 15 is 0 Å². The van der Waals surface area contributed by atoms with Gasteiger partial charge in [-0.3, -0.25) is 0 Å². The molecule has 0 aromatic rings. The quantitative estimate of drug-likeness (QED) is 0.567. The molecule has 0 radical (unpaired) electrons. The van der Waals surface area contributed by atoms with E-state index < -0.39 is 10.5 Å². The summed E-state index contributed by atoms with van der Waals surface area (Å²) < 4.78 is 22.8. The SMILES string of the molecule is C1=CC=CNC=C1.N=S(=O)=O. The summed E-state index contributed by atoms with van der Waals surface area (Å²) >= 11 is 0. The molecule has 0 fully saturated rings. The molecule has 0 saturated heterocycles. The summed E-state index contributed by atoms with van der Waals surface area (Å²) in [6, 6.07) is 0. The van der Waals surface area contributed by atoms with Gasteiger partial charge in [0.05, 0.1) is 0 Å². The van der Waals surface area contributed by atoms with Crippen molar-refractivity contribution in [1.82, 2.24) is 5.32 Å². The minimum atomic E-state index is -2.61. The van der Waals surface area contributed by atoms with Crippen LogP contribution in [-0.4, -0.2) is 8.42 Å². The van der Waals surface area contributed by atoms with Crippen LogP contribution in [0.3, 0.4) is 0 Å². The molecule has 1 rings (SSSR count). The fourth-order valence-corrected chi connectivity index (χ4v) is 0.406. The summed E-state index contributed by atoms with van der Waals surface area (Å²) in [5.41, 5.74) is 0. The van der Waals surface area contributed by atoms with Gasteiger partial charge in [-0.05, 0) is 12.2 Å². The molecule has 0 aliphatic carbocycles. The van der Waals surface area contributed by atoms with Gasteiger partial charge in [0.1, 0.15) is 0 Å². The third-order valence-electron chi connectivity index (χ3n) is 0.718. The van der Waals surface area contributed by atoms with Crippen molar-refractivity contribution in [3.63, 3.8) is 0 Å². The van der Waals surface area contributed by atoms with Gasteiger partial charge in [-0.15, -0.1) is 0 Å². The third-order valence-corrected chi connectivity index (χ3v) is 0.718. The molecule has 1 aliphatic rings. The van der Waals surface area contributed by atoms with Crippen LogP contribution in [0.15, 0.2) is 36.7 Å². The van der Waals surface area contributed by atoms with Crippen LogP contribution in [0, 0.1) is 4.78 Å². The molecule has 0 atom stereocenters. The highest BCUT2D eigenvalue weighted by molar-refractivity contribution is 7.60.